The Morgan fingerprint density at radius 3 is 2.60 bits per heavy atom. The maximum Gasteiger partial charge on any atom is 0.132 e. The first-order valence-corrected chi connectivity index (χ1v) is 9.46. The molecule has 130 valence electrons. The van der Waals surface area contributed by atoms with Crippen molar-refractivity contribution in [3.63, 3.8) is 0 Å². The first-order valence-electron chi connectivity index (χ1n) is 9.46. The van der Waals surface area contributed by atoms with Crippen LogP contribution in [-0.4, -0.2) is 20.2 Å². The standard InChI is InChI=1S/C21H26N4/c1-14(2)21-23-20(24-25-21)13-15-7-9-16(10-8-15)17-11-12-22-19-6-4-3-5-18(17)19/h3-6,11-12,14-16H,7-10,13H2,1-2H3,(H,23,24,25). The van der Waals surface area contributed by atoms with Crippen LogP contribution < -0.4 is 0 Å². The van der Waals surface area contributed by atoms with E-state index >= 15 is 0 Å². The lowest BCUT2D eigenvalue weighted by Crippen LogP contribution is -2.16. The van der Waals surface area contributed by atoms with E-state index in [1.165, 1.54) is 36.6 Å². The molecule has 1 aromatic carbocycles. The number of H-pyrrole nitrogens is 1. The Morgan fingerprint density at radius 2 is 1.84 bits per heavy atom. The number of nitrogens with zero attached hydrogens (tertiary/aromatic N) is 3. The fourth-order valence-corrected chi connectivity index (χ4v) is 4.09. The van der Waals surface area contributed by atoms with E-state index in [0.717, 1.165) is 29.5 Å². The van der Waals surface area contributed by atoms with Crippen molar-refractivity contribution in [2.45, 2.75) is 57.8 Å². The van der Waals surface area contributed by atoms with Crippen LogP contribution in [-0.2, 0) is 6.42 Å². The van der Waals surface area contributed by atoms with E-state index in [4.69, 9.17) is 0 Å². The molecule has 3 aromatic rings. The molecule has 0 radical (unpaired) electrons. The van der Waals surface area contributed by atoms with Crippen molar-refractivity contribution in [2.75, 3.05) is 0 Å². The van der Waals surface area contributed by atoms with Gasteiger partial charge in [-0.1, -0.05) is 32.0 Å². The van der Waals surface area contributed by atoms with Gasteiger partial charge in [-0.2, -0.15) is 0 Å². The summed E-state index contributed by atoms with van der Waals surface area (Å²) in [5.74, 6) is 3.85. The number of aromatic amines is 1. The molecule has 0 aliphatic heterocycles. The molecule has 0 spiro atoms. The van der Waals surface area contributed by atoms with E-state index in [1.54, 1.807) is 0 Å². The van der Waals surface area contributed by atoms with Crippen LogP contribution in [0.4, 0.5) is 0 Å². The van der Waals surface area contributed by atoms with E-state index in [1.807, 2.05) is 6.20 Å². The molecular formula is C21H26N4. The lowest BCUT2D eigenvalue weighted by molar-refractivity contribution is 0.321. The summed E-state index contributed by atoms with van der Waals surface area (Å²) >= 11 is 0. The van der Waals surface area contributed by atoms with Gasteiger partial charge in [-0.25, -0.2) is 0 Å². The summed E-state index contributed by atoms with van der Waals surface area (Å²) in [5, 5.41) is 9.93. The van der Waals surface area contributed by atoms with E-state index in [-0.39, 0.29) is 0 Å². The number of aromatic nitrogens is 4. The predicted octanol–water partition coefficient (Wildman–Crippen LogP) is 4.99. The minimum absolute atomic E-state index is 0.414. The van der Waals surface area contributed by atoms with Crippen LogP contribution in [0.2, 0.25) is 0 Å². The third-order valence-electron chi connectivity index (χ3n) is 5.55. The number of rotatable bonds is 4. The number of pyridine rings is 1. The Hall–Kier alpha value is -2.23. The van der Waals surface area contributed by atoms with Crippen molar-refractivity contribution in [3.05, 3.63) is 53.7 Å². The van der Waals surface area contributed by atoms with Gasteiger partial charge in [0.25, 0.3) is 0 Å². The Kier molecular flexibility index (Phi) is 4.51. The van der Waals surface area contributed by atoms with Gasteiger partial charge in [0.1, 0.15) is 11.6 Å². The average Bonchev–Trinajstić information content (AvgIpc) is 3.11. The molecule has 0 bridgehead atoms. The molecule has 25 heavy (non-hydrogen) atoms. The van der Waals surface area contributed by atoms with Crippen LogP contribution in [0.5, 0.6) is 0 Å². The van der Waals surface area contributed by atoms with E-state index < -0.39 is 0 Å². The molecule has 4 nitrogen and oxygen atoms in total. The number of para-hydroxylation sites is 1. The van der Waals surface area contributed by atoms with Crippen LogP contribution in [0.1, 0.15) is 68.6 Å². The van der Waals surface area contributed by atoms with Gasteiger partial charge in [0, 0.05) is 23.9 Å². The molecule has 2 heterocycles. The van der Waals surface area contributed by atoms with Gasteiger partial charge >= 0.3 is 0 Å². The smallest absolute Gasteiger partial charge is 0.132 e. The van der Waals surface area contributed by atoms with Gasteiger partial charge < -0.3 is 4.98 Å². The topological polar surface area (TPSA) is 54.5 Å². The number of hydrogen-bond acceptors (Lipinski definition) is 3. The second-order valence-corrected chi connectivity index (χ2v) is 7.65. The van der Waals surface area contributed by atoms with Crippen LogP contribution in [0, 0.1) is 5.92 Å². The van der Waals surface area contributed by atoms with Gasteiger partial charge in [0.2, 0.25) is 0 Å². The van der Waals surface area contributed by atoms with Crippen LogP contribution in [0.15, 0.2) is 36.5 Å². The molecule has 2 aromatic heterocycles. The molecular weight excluding hydrogens is 308 g/mol. The average molecular weight is 334 g/mol. The molecule has 0 unspecified atom stereocenters. The minimum Gasteiger partial charge on any atom is -0.329 e. The first kappa shape index (κ1) is 16.2. The van der Waals surface area contributed by atoms with Crippen LogP contribution >= 0.6 is 0 Å². The summed E-state index contributed by atoms with van der Waals surface area (Å²) < 4.78 is 0. The third kappa shape index (κ3) is 3.44. The molecule has 1 fully saturated rings. The molecule has 1 aliphatic rings. The van der Waals surface area contributed by atoms with Crippen molar-refractivity contribution in [3.8, 4) is 0 Å². The highest BCUT2D eigenvalue weighted by molar-refractivity contribution is 5.82. The van der Waals surface area contributed by atoms with Crippen molar-refractivity contribution in [1.82, 2.24) is 20.2 Å². The van der Waals surface area contributed by atoms with Crippen molar-refractivity contribution >= 4 is 10.9 Å². The fraction of sp³-hybridized carbons (Fsp3) is 0.476. The largest absolute Gasteiger partial charge is 0.329 e. The second kappa shape index (κ2) is 6.95. The fourth-order valence-electron chi connectivity index (χ4n) is 4.09. The van der Waals surface area contributed by atoms with Crippen LogP contribution in [0.3, 0.4) is 0 Å². The highest BCUT2D eigenvalue weighted by Crippen LogP contribution is 2.39. The van der Waals surface area contributed by atoms with Gasteiger partial charge in [-0.3, -0.25) is 4.98 Å². The normalized spacial score (nSPS) is 21.1. The Labute approximate surface area is 149 Å². The van der Waals surface area contributed by atoms with Crippen molar-refractivity contribution < 1.29 is 0 Å². The Bertz CT molecular complexity index is 838. The molecule has 1 aliphatic carbocycles. The Morgan fingerprint density at radius 1 is 1.04 bits per heavy atom. The summed E-state index contributed by atoms with van der Waals surface area (Å²) in [6, 6.07) is 10.7. The maximum absolute atomic E-state index is 4.50. The molecule has 4 rings (SSSR count). The summed E-state index contributed by atoms with van der Waals surface area (Å²) in [4.78, 5) is 7.90. The SMILES string of the molecule is CC(C)c1nnc(CC2CCC(c3ccnc4ccccc34)CC2)[nH]1. The van der Waals surface area contributed by atoms with Crippen molar-refractivity contribution in [1.29, 1.82) is 0 Å². The maximum atomic E-state index is 4.50. The number of hydrogen-bond donors (Lipinski definition) is 1. The zero-order valence-electron chi connectivity index (χ0n) is 15.1. The Balaban J connectivity index is 1.42. The summed E-state index contributed by atoms with van der Waals surface area (Å²) in [6.07, 6.45) is 8.03. The monoisotopic (exact) mass is 334 g/mol. The summed E-state index contributed by atoms with van der Waals surface area (Å²) in [5.41, 5.74) is 2.59. The van der Waals surface area contributed by atoms with E-state index in [2.05, 4.69) is 64.3 Å². The van der Waals surface area contributed by atoms with Crippen molar-refractivity contribution in [2.24, 2.45) is 5.92 Å². The third-order valence-corrected chi connectivity index (χ3v) is 5.55. The lowest BCUT2D eigenvalue weighted by Gasteiger charge is -2.29. The molecule has 0 atom stereocenters. The second-order valence-electron chi connectivity index (χ2n) is 7.65. The first-order chi connectivity index (χ1) is 12.2. The number of nitrogens with one attached hydrogen (secondary N) is 1. The highest BCUT2D eigenvalue weighted by Gasteiger charge is 2.24. The zero-order chi connectivity index (χ0) is 17.2. The van der Waals surface area contributed by atoms with Crippen LogP contribution in [0.25, 0.3) is 10.9 Å². The quantitative estimate of drug-likeness (QED) is 0.731. The predicted molar refractivity (Wildman–Crippen MR) is 101 cm³/mol. The zero-order valence-corrected chi connectivity index (χ0v) is 15.1. The molecule has 1 saturated carbocycles. The number of fused-ring (bicyclic) bond motifs is 1. The van der Waals surface area contributed by atoms with Gasteiger partial charge in [0.05, 0.1) is 5.52 Å². The highest BCUT2D eigenvalue weighted by atomic mass is 15.2. The molecule has 0 saturated heterocycles. The number of benzene rings is 1. The molecule has 1 N–H and O–H groups in total. The summed E-state index contributed by atoms with van der Waals surface area (Å²) in [7, 11) is 0. The lowest BCUT2D eigenvalue weighted by atomic mass is 9.77. The summed E-state index contributed by atoms with van der Waals surface area (Å²) in [6.45, 7) is 4.29. The van der Waals surface area contributed by atoms with Gasteiger partial charge in [-0.05, 0) is 55.2 Å². The van der Waals surface area contributed by atoms with E-state index in [0.29, 0.717) is 11.8 Å². The van der Waals surface area contributed by atoms with Gasteiger partial charge in [0.15, 0.2) is 0 Å². The van der Waals surface area contributed by atoms with Gasteiger partial charge in [-0.15, -0.1) is 10.2 Å². The van der Waals surface area contributed by atoms with E-state index in [9.17, 15) is 0 Å². The minimum atomic E-state index is 0.414. The molecule has 4 heteroatoms. The molecule has 0 amide bonds.